The number of nitrogens with zero attached hydrogens (tertiary/aromatic N) is 1. The topological polar surface area (TPSA) is 12.4 Å². The number of aliphatic imine (C=N–C) groups is 1. The van der Waals surface area contributed by atoms with Crippen molar-refractivity contribution in [3.63, 3.8) is 0 Å². The van der Waals surface area contributed by atoms with Crippen molar-refractivity contribution in [3.05, 3.63) is 35.9 Å². The quantitative estimate of drug-likeness (QED) is 0.607. The zero-order valence-corrected chi connectivity index (χ0v) is 8.95. The van der Waals surface area contributed by atoms with E-state index in [1.807, 2.05) is 0 Å². The minimum absolute atomic E-state index is 0.457. The van der Waals surface area contributed by atoms with Crippen LogP contribution in [0.5, 0.6) is 0 Å². The van der Waals surface area contributed by atoms with Crippen molar-refractivity contribution in [1.82, 2.24) is 0 Å². The molecule has 0 aromatic heterocycles. The van der Waals surface area contributed by atoms with Crippen LogP contribution in [0.3, 0.4) is 0 Å². The van der Waals surface area contributed by atoms with Crippen molar-refractivity contribution >= 4 is 6.72 Å². The molecule has 0 aliphatic carbocycles. The van der Waals surface area contributed by atoms with Gasteiger partial charge >= 0.3 is 0 Å². The van der Waals surface area contributed by atoms with Gasteiger partial charge in [0.15, 0.2) is 0 Å². The maximum absolute atomic E-state index is 4.09. The molecule has 0 heterocycles. The van der Waals surface area contributed by atoms with Gasteiger partial charge in [-0.05, 0) is 38.0 Å². The Labute approximate surface area is 86.9 Å². The van der Waals surface area contributed by atoms with Gasteiger partial charge in [-0.3, -0.25) is 4.99 Å². The lowest BCUT2D eigenvalue weighted by Gasteiger charge is -2.08. The van der Waals surface area contributed by atoms with Crippen molar-refractivity contribution in [1.29, 1.82) is 0 Å². The Morgan fingerprint density at radius 1 is 1.29 bits per heavy atom. The lowest BCUT2D eigenvalue weighted by atomic mass is 10.0. The molecule has 1 rings (SSSR count). The highest BCUT2D eigenvalue weighted by Crippen LogP contribution is 2.10. The third-order valence-electron chi connectivity index (χ3n) is 2.58. The molecule has 1 heteroatoms. The summed E-state index contributed by atoms with van der Waals surface area (Å²) >= 11 is 0. The minimum atomic E-state index is 0.457. The lowest BCUT2D eigenvalue weighted by Crippen LogP contribution is -2.02. The first-order valence-electron chi connectivity index (χ1n) is 5.36. The predicted octanol–water partition coefficient (Wildman–Crippen LogP) is 3.49. The number of benzene rings is 1. The zero-order valence-electron chi connectivity index (χ0n) is 8.95. The summed E-state index contributed by atoms with van der Waals surface area (Å²) in [5.74, 6) is 0. The second-order valence-electron chi connectivity index (χ2n) is 3.62. The number of rotatable bonds is 6. The Morgan fingerprint density at radius 2 is 2.00 bits per heavy atom. The Hall–Kier alpha value is -1.11. The van der Waals surface area contributed by atoms with Gasteiger partial charge in [0.1, 0.15) is 0 Å². The van der Waals surface area contributed by atoms with Gasteiger partial charge < -0.3 is 0 Å². The van der Waals surface area contributed by atoms with E-state index in [1.165, 1.54) is 12.0 Å². The smallest absolute Gasteiger partial charge is 0.0490 e. The molecule has 1 nitrogen and oxygen atoms in total. The lowest BCUT2D eigenvalue weighted by molar-refractivity contribution is 0.573. The van der Waals surface area contributed by atoms with Gasteiger partial charge in [-0.2, -0.15) is 0 Å². The standard InChI is InChI=1S/C13H19N/c1-3-13(14-2)11-7-10-12-8-5-4-6-9-12/h4-6,8-9,13H,2-3,7,10-11H2,1H3. The fourth-order valence-electron chi connectivity index (χ4n) is 1.61. The molecule has 0 saturated carbocycles. The highest BCUT2D eigenvalue weighted by Gasteiger charge is 2.01. The zero-order chi connectivity index (χ0) is 10.2. The van der Waals surface area contributed by atoms with Gasteiger partial charge in [0.05, 0.1) is 0 Å². The molecule has 1 aromatic rings. The van der Waals surface area contributed by atoms with Gasteiger partial charge in [-0.15, -0.1) is 0 Å². The van der Waals surface area contributed by atoms with Crippen LogP contribution < -0.4 is 0 Å². The van der Waals surface area contributed by atoms with Crippen molar-refractivity contribution < 1.29 is 0 Å². The van der Waals surface area contributed by atoms with Crippen LogP contribution in [0, 0.1) is 0 Å². The Kier molecular flexibility index (Phi) is 4.98. The molecule has 1 aromatic carbocycles. The van der Waals surface area contributed by atoms with E-state index in [0.29, 0.717) is 6.04 Å². The highest BCUT2D eigenvalue weighted by molar-refractivity contribution is 5.24. The first-order valence-corrected chi connectivity index (χ1v) is 5.36. The van der Waals surface area contributed by atoms with Crippen LogP contribution in [0.15, 0.2) is 35.3 Å². The van der Waals surface area contributed by atoms with E-state index < -0.39 is 0 Å². The van der Waals surface area contributed by atoms with Crippen LogP contribution in [-0.2, 0) is 6.42 Å². The molecule has 0 radical (unpaired) electrons. The van der Waals surface area contributed by atoms with Gasteiger partial charge in [0, 0.05) is 6.04 Å². The SMILES string of the molecule is C=NC(CC)CCCc1ccccc1. The fraction of sp³-hybridized carbons (Fsp3) is 0.462. The van der Waals surface area contributed by atoms with Gasteiger partial charge in [0.25, 0.3) is 0 Å². The third kappa shape index (κ3) is 3.73. The van der Waals surface area contributed by atoms with Crippen LogP contribution in [0.4, 0.5) is 0 Å². The van der Waals surface area contributed by atoms with Crippen LogP contribution in [0.1, 0.15) is 31.7 Å². The molecule has 0 bridgehead atoms. The van der Waals surface area contributed by atoms with Crippen LogP contribution >= 0.6 is 0 Å². The number of hydrogen-bond acceptors (Lipinski definition) is 1. The molecule has 0 amide bonds. The Balaban J connectivity index is 2.25. The maximum atomic E-state index is 4.09. The average molecular weight is 189 g/mol. The van der Waals surface area contributed by atoms with Gasteiger partial charge in [0.2, 0.25) is 0 Å². The summed E-state index contributed by atoms with van der Waals surface area (Å²) in [6.07, 6.45) is 4.64. The van der Waals surface area contributed by atoms with Gasteiger partial charge in [-0.25, -0.2) is 0 Å². The monoisotopic (exact) mass is 189 g/mol. The Morgan fingerprint density at radius 3 is 2.57 bits per heavy atom. The molecule has 76 valence electrons. The minimum Gasteiger partial charge on any atom is -0.298 e. The molecule has 0 aliphatic rings. The van der Waals surface area contributed by atoms with Crippen molar-refractivity contribution in [3.8, 4) is 0 Å². The van der Waals surface area contributed by atoms with Crippen molar-refractivity contribution in [2.45, 2.75) is 38.6 Å². The van der Waals surface area contributed by atoms with E-state index in [1.54, 1.807) is 0 Å². The van der Waals surface area contributed by atoms with E-state index in [2.05, 4.69) is 49.0 Å². The van der Waals surface area contributed by atoms with Gasteiger partial charge in [-0.1, -0.05) is 37.3 Å². The van der Waals surface area contributed by atoms with E-state index >= 15 is 0 Å². The average Bonchev–Trinajstić information content (AvgIpc) is 2.26. The number of hydrogen-bond donors (Lipinski definition) is 0. The van der Waals surface area contributed by atoms with E-state index in [0.717, 1.165) is 19.3 Å². The molecule has 0 N–H and O–H groups in total. The molecular weight excluding hydrogens is 170 g/mol. The van der Waals surface area contributed by atoms with Crippen LogP contribution in [-0.4, -0.2) is 12.8 Å². The second kappa shape index (κ2) is 6.36. The molecule has 1 atom stereocenters. The molecule has 0 fully saturated rings. The summed E-state index contributed by atoms with van der Waals surface area (Å²) in [6.45, 7) is 5.78. The predicted molar refractivity (Wildman–Crippen MR) is 63.0 cm³/mol. The summed E-state index contributed by atoms with van der Waals surface area (Å²) in [5, 5.41) is 0. The van der Waals surface area contributed by atoms with E-state index in [4.69, 9.17) is 0 Å². The summed E-state index contributed by atoms with van der Waals surface area (Å²) in [7, 11) is 0. The second-order valence-corrected chi connectivity index (χ2v) is 3.62. The molecule has 0 aliphatic heterocycles. The van der Waals surface area contributed by atoms with E-state index in [-0.39, 0.29) is 0 Å². The molecule has 0 spiro atoms. The molecule has 0 saturated heterocycles. The normalized spacial score (nSPS) is 12.4. The summed E-state index contributed by atoms with van der Waals surface area (Å²) < 4.78 is 0. The maximum Gasteiger partial charge on any atom is 0.0490 e. The molecule has 14 heavy (non-hydrogen) atoms. The highest BCUT2D eigenvalue weighted by atomic mass is 14.7. The largest absolute Gasteiger partial charge is 0.298 e. The van der Waals surface area contributed by atoms with Crippen LogP contribution in [0.25, 0.3) is 0 Å². The summed E-state index contributed by atoms with van der Waals surface area (Å²) in [4.78, 5) is 4.09. The third-order valence-corrected chi connectivity index (χ3v) is 2.58. The first kappa shape index (κ1) is 11.0. The van der Waals surface area contributed by atoms with E-state index in [9.17, 15) is 0 Å². The van der Waals surface area contributed by atoms with Crippen molar-refractivity contribution in [2.75, 3.05) is 0 Å². The Bertz CT molecular complexity index is 253. The molecular formula is C13H19N. The summed E-state index contributed by atoms with van der Waals surface area (Å²) in [5.41, 5.74) is 1.42. The molecule has 1 unspecified atom stereocenters. The number of aryl methyl sites for hydroxylation is 1. The first-order chi connectivity index (χ1) is 6.86. The fourth-order valence-corrected chi connectivity index (χ4v) is 1.61. The van der Waals surface area contributed by atoms with Crippen molar-refractivity contribution in [2.24, 2.45) is 4.99 Å². The summed E-state index contributed by atoms with van der Waals surface area (Å²) in [6, 6.07) is 11.1. The van der Waals surface area contributed by atoms with Crippen LogP contribution in [0.2, 0.25) is 0 Å².